The van der Waals surface area contributed by atoms with Gasteiger partial charge >= 0.3 is 0 Å². The number of nitrogens with one attached hydrogen (secondary N) is 2. The van der Waals surface area contributed by atoms with E-state index in [1.54, 1.807) is 0 Å². The molecule has 0 aliphatic carbocycles. The van der Waals surface area contributed by atoms with Crippen LogP contribution in [0.2, 0.25) is 0 Å². The zero-order valence-electron chi connectivity index (χ0n) is 24.4. The predicted octanol–water partition coefficient (Wildman–Crippen LogP) is 5.94. The molecule has 3 aromatic carbocycles. The molecule has 1 atom stereocenters. The number of carbonyl (C=O) groups is 1. The number of aromatic amines is 1. The monoisotopic (exact) mass is 554 g/mol. The second kappa shape index (κ2) is 12.9. The number of nitrogens with zero attached hydrogens (tertiary/aromatic N) is 2. The van der Waals surface area contributed by atoms with Crippen molar-refractivity contribution in [1.29, 1.82) is 0 Å². The van der Waals surface area contributed by atoms with Crippen LogP contribution in [-0.4, -0.2) is 64.5 Å². The smallest absolute Gasteiger partial charge is 0.251 e. The molecule has 2 heterocycles. The van der Waals surface area contributed by atoms with Crippen LogP contribution >= 0.6 is 0 Å². The Hall–Kier alpha value is -3.68. The quantitative estimate of drug-likeness (QED) is 0.213. The zero-order chi connectivity index (χ0) is 28.8. The summed E-state index contributed by atoms with van der Waals surface area (Å²) in [5.74, 6) is 0.765. The molecule has 0 radical (unpaired) electrons. The summed E-state index contributed by atoms with van der Waals surface area (Å²) in [4.78, 5) is 15.6. The van der Waals surface area contributed by atoms with Gasteiger partial charge in [0, 0.05) is 48.1 Å². The van der Waals surface area contributed by atoms with Crippen molar-refractivity contribution >= 4 is 16.8 Å². The SMILES string of the molecule is CCC(CC)(CNC(=O)c1ccc2[nH]nc(-c3ccc(OC4CCN(CC(C)O)CC4)cc3)c2c1)c1ccccc1. The van der Waals surface area contributed by atoms with E-state index in [4.69, 9.17) is 4.74 Å². The highest BCUT2D eigenvalue weighted by Crippen LogP contribution is 2.32. The molecule has 1 aliphatic rings. The van der Waals surface area contributed by atoms with Gasteiger partial charge in [0.05, 0.1) is 17.3 Å². The van der Waals surface area contributed by atoms with Gasteiger partial charge in [0.1, 0.15) is 11.9 Å². The van der Waals surface area contributed by atoms with E-state index in [0.717, 1.165) is 66.7 Å². The van der Waals surface area contributed by atoms with Crippen LogP contribution in [0.3, 0.4) is 0 Å². The van der Waals surface area contributed by atoms with Crippen molar-refractivity contribution in [3.63, 3.8) is 0 Å². The number of β-amino-alcohol motifs (C(OH)–C–C–N with tert-alkyl or cyclic N) is 1. The molecule has 216 valence electrons. The molecular weight excluding hydrogens is 512 g/mol. The first-order valence-corrected chi connectivity index (χ1v) is 14.9. The number of likely N-dealkylation sites (tertiary alicyclic amines) is 1. The Labute approximate surface area is 242 Å². The molecule has 3 N–H and O–H groups in total. The molecule has 7 nitrogen and oxygen atoms in total. The summed E-state index contributed by atoms with van der Waals surface area (Å²) in [7, 11) is 0. The van der Waals surface area contributed by atoms with Gasteiger partial charge in [-0.05, 0) is 80.6 Å². The van der Waals surface area contributed by atoms with Crippen molar-refractivity contribution in [2.24, 2.45) is 0 Å². The van der Waals surface area contributed by atoms with Crippen molar-refractivity contribution in [2.45, 2.75) is 64.1 Å². The number of benzene rings is 3. The molecule has 0 bridgehead atoms. The normalized spacial score (nSPS) is 15.6. The van der Waals surface area contributed by atoms with E-state index in [9.17, 15) is 9.90 Å². The number of ether oxygens (including phenoxy) is 1. The van der Waals surface area contributed by atoms with Crippen LogP contribution in [0.1, 0.15) is 62.4 Å². The highest BCUT2D eigenvalue weighted by Gasteiger charge is 2.29. The third kappa shape index (κ3) is 6.63. The molecular formula is C34H42N4O3. The lowest BCUT2D eigenvalue weighted by molar-refractivity contribution is 0.0673. The Morgan fingerprint density at radius 3 is 2.44 bits per heavy atom. The maximum atomic E-state index is 13.3. The van der Waals surface area contributed by atoms with E-state index in [0.29, 0.717) is 18.7 Å². The molecule has 7 heteroatoms. The fourth-order valence-electron chi connectivity index (χ4n) is 6.00. The van der Waals surface area contributed by atoms with Gasteiger partial charge in [-0.3, -0.25) is 9.89 Å². The van der Waals surface area contributed by atoms with Gasteiger partial charge < -0.3 is 20.1 Å². The minimum Gasteiger partial charge on any atom is -0.490 e. The van der Waals surface area contributed by atoms with Crippen LogP contribution in [0, 0.1) is 0 Å². The highest BCUT2D eigenvalue weighted by molar-refractivity contribution is 6.01. The van der Waals surface area contributed by atoms with Crippen LogP contribution in [-0.2, 0) is 5.41 Å². The van der Waals surface area contributed by atoms with E-state index in [-0.39, 0.29) is 23.5 Å². The number of aliphatic hydroxyl groups is 1. The van der Waals surface area contributed by atoms with Gasteiger partial charge in [0.25, 0.3) is 5.91 Å². The van der Waals surface area contributed by atoms with E-state index >= 15 is 0 Å². The minimum absolute atomic E-state index is 0.0792. The van der Waals surface area contributed by atoms with Gasteiger partial charge in [-0.25, -0.2) is 0 Å². The van der Waals surface area contributed by atoms with Crippen LogP contribution in [0.4, 0.5) is 0 Å². The summed E-state index contributed by atoms with van der Waals surface area (Å²) in [6.07, 6.45) is 3.67. The Bertz CT molecular complexity index is 1420. The number of aliphatic hydroxyl groups excluding tert-OH is 1. The summed E-state index contributed by atoms with van der Waals surface area (Å²) in [6.45, 7) is 9.38. The van der Waals surface area contributed by atoms with Crippen molar-refractivity contribution in [2.75, 3.05) is 26.2 Å². The molecule has 1 saturated heterocycles. The summed E-state index contributed by atoms with van der Waals surface area (Å²) in [6, 6.07) is 24.2. The van der Waals surface area contributed by atoms with Crippen LogP contribution in [0.15, 0.2) is 72.8 Å². The molecule has 0 saturated carbocycles. The van der Waals surface area contributed by atoms with Gasteiger partial charge in [0.2, 0.25) is 0 Å². The summed E-state index contributed by atoms with van der Waals surface area (Å²) >= 11 is 0. The minimum atomic E-state index is -0.301. The fraction of sp³-hybridized carbons (Fsp3) is 0.412. The molecule has 4 aromatic rings. The Kier molecular flexibility index (Phi) is 9.06. The van der Waals surface area contributed by atoms with Crippen molar-refractivity contribution in [3.8, 4) is 17.0 Å². The molecule has 1 unspecified atom stereocenters. The first-order valence-electron chi connectivity index (χ1n) is 14.9. The largest absolute Gasteiger partial charge is 0.490 e. The molecule has 5 rings (SSSR count). The van der Waals surface area contributed by atoms with Gasteiger partial charge in [-0.15, -0.1) is 0 Å². The van der Waals surface area contributed by atoms with Gasteiger partial charge in [0.15, 0.2) is 0 Å². The number of piperidine rings is 1. The number of rotatable bonds is 11. The summed E-state index contributed by atoms with van der Waals surface area (Å²) < 4.78 is 6.25. The lowest BCUT2D eigenvalue weighted by atomic mass is 9.76. The maximum absolute atomic E-state index is 13.3. The Balaban J connectivity index is 1.26. The predicted molar refractivity (Wildman–Crippen MR) is 164 cm³/mol. The summed E-state index contributed by atoms with van der Waals surface area (Å²) in [5.41, 5.74) is 4.45. The molecule has 1 amide bonds. The zero-order valence-corrected chi connectivity index (χ0v) is 24.4. The topological polar surface area (TPSA) is 90.5 Å². The van der Waals surface area contributed by atoms with Crippen molar-refractivity contribution in [1.82, 2.24) is 20.4 Å². The molecule has 0 spiro atoms. The second-order valence-corrected chi connectivity index (χ2v) is 11.4. The fourth-order valence-corrected chi connectivity index (χ4v) is 6.00. The van der Waals surface area contributed by atoms with Gasteiger partial charge in [-0.2, -0.15) is 5.10 Å². The van der Waals surface area contributed by atoms with E-state index < -0.39 is 0 Å². The number of amides is 1. The number of carbonyl (C=O) groups excluding carboxylic acids is 1. The Morgan fingerprint density at radius 1 is 1.07 bits per heavy atom. The summed E-state index contributed by atoms with van der Waals surface area (Å²) in [5, 5.41) is 21.4. The van der Waals surface area contributed by atoms with Crippen molar-refractivity contribution in [3.05, 3.63) is 83.9 Å². The first-order chi connectivity index (χ1) is 19.9. The van der Waals surface area contributed by atoms with Crippen LogP contribution in [0.5, 0.6) is 5.75 Å². The lowest BCUT2D eigenvalue weighted by Crippen LogP contribution is -2.41. The number of fused-ring (bicyclic) bond motifs is 1. The van der Waals surface area contributed by atoms with Crippen LogP contribution < -0.4 is 10.1 Å². The number of aromatic nitrogens is 2. The lowest BCUT2D eigenvalue weighted by Gasteiger charge is -2.32. The molecule has 1 aliphatic heterocycles. The van der Waals surface area contributed by atoms with E-state index in [1.807, 2.05) is 55.5 Å². The Morgan fingerprint density at radius 2 is 1.78 bits per heavy atom. The standard InChI is InChI=1S/C34H42N4O3/c1-4-34(5-2,27-9-7-6-8-10-27)23-35-33(40)26-13-16-31-30(21-26)32(37-36-31)25-11-14-28(15-12-25)41-29-17-19-38(20-18-29)22-24(3)39/h6-16,21,24,29,39H,4-5,17-20,22-23H2,1-3H3,(H,35,40)(H,36,37). The maximum Gasteiger partial charge on any atom is 0.251 e. The number of H-pyrrole nitrogens is 1. The molecule has 41 heavy (non-hydrogen) atoms. The second-order valence-electron chi connectivity index (χ2n) is 11.4. The van der Waals surface area contributed by atoms with E-state index in [1.165, 1.54) is 5.56 Å². The highest BCUT2D eigenvalue weighted by atomic mass is 16.5. The third-order valence-electron chi connectivity index (χ3n) is 8.64. The number of hydrogen-bond acceptors (Lipinski definition) is 5. The van der Waals surface area contributed by atoms with Crippen molar-refractivity contribution < 1.29 is 14.6 Å². The average molecular weight is 555 g/mol. The molecule has 1 aromatic heterocycles. The van der Waals surface area contributed by atoms with Crippen LogP contribution in [0.25, 0.3) is 22.2 Å². The first kappa shape index (κ1) is 28.8. The average Bonchev–Trinajstić information content (AvgIpc) is 3.43. The third-order valence-corrected chi connectivity index (χ3v) is 8.64. The number of hydrogen-bond donors (Lipinski definition) is 3. The molecule has 1 fully saturated rings. The van der Waals surface area contributed by atoms with Gasteiger partial charge in [-0.1, -0.05) is 44.2 Å². The van der Waals surface area contributed by atoms with E-state index in [2.05, 4.69) is 58.5 Å².